The molecule has 96 valence electrons. The number of aromatic nitrogens is 2. The van der Waals surface area contributed by atoms with Gasteiger partial charge in [0.15, 0.2) is 0 Å². The smallest absolute Gasteiger partial charge is 0.205 e. The molecule has 1 aromatic heterocycles. The SMILES string of the molecule is COCCN(CCC(N)=NO)c1nccn1C. The van der Waals surface area contributed by atoms with Crippen molar-refractivity contribution in [3.63, 3.8) is 0 Å². The summed E-state index contributed by atoms with van der Waals surface area (Å²) in [7, 11) is 3.58. The summed E-state index contributed by atoms with van der Waals surface area (Å²) in [5.74, 6) is 1.05. The Labute approximate surface area is 100 Å². The summed E-state index contributed by atoms with van der Waals surface area (Å²) in [4.78, 5) is 6.29. The van der Waals surface area contributed by atoms with Crippen LogP contribution in [0, 0.1) is 0 Å². The lowest BCUT2D eigenvalue weighted by molar-refractivity contribution is 0.205. The zero-order valence-corrected chi connectivity index (χ0v) is 10.2. The molecule has 0 fully saturated rings. The Morgan fingerprint density at radius 3 is 2.94 bits per heavy atom. The van der Waals surface area contributed by atoms with Crippen molar-refractivity contribution in [3.05, 3.63) is 12.4 Å². The summed E-state index contributed by atoms with van der Waals surface area (Å²) in [5.41, 5.74) is 5.46. The van der Waals surface area contributed by atoms with Gasteiger partial charge < -0.3 is 25.1 Å². The van der Waals surface area contributed by atoms with E-state index in [9.17, 15) is 0 Å². The van der Waals surface area contributed by atoms with Crippen molar-refractivity contribution in [1.29, 1.82) is 0 Å². The van der Waals surface area contributed by atoms with Gasteiger partial charge in [0.25, 0.3) is 0 Å². The Morgan fingerprint density at radius 2 is 2.41 bits per heavy atom. The van der Waals surface area contributed by atoms with Crippen molar-refractivity contribution in [1.82, 2.24) is 9.55 Å². The predicted octanol–water partition coefficient (Wildman–Crippen LogP) is 0.00940. The number of nitrogens with zero attached hydrogens (tertiary/aromatic N) is 4. The number of aryl methyl sites for hydroxylation is 1. The normalized spacial score (nSPS) is 11.8. The molecule has 0 aliphatic heterocycles. The molecule has 1 rings (SSSR count). The molecule has 7 heteroatoms. The molecule has 1 heterocycles. The molecule has 7 nitrogen and oxygen atoms in total. The maximum Gasteiger partial charge on any atom is 0.205 e. The Morgan fingerprint density at radius 1 is 1.65 bits per heavy atom. The fraction of sp³-hybridized carbons (Fsp3) is 0.600. The first-order valence-corrected chi connectivity index (χ1v) is 5.36. The van der Waals surface area contributed by atoms with Gasteiger partial charge in [-0.2, -0.15) is 0 Å². The fourth-order valence-corrected chi connectivity index (χ4v) is 1.48. The van der Waals surface area contributed by atoms with Crippen LogP contribution in [-0.2, 0) is 11.8 Å². The molecular formula is C10H19N5O2. The van der Waals surface area contributed by atoms with Gasteiger partial charge in [-0.05, 0) is 0 Å². The van der Waals surface area contributed by atoms with Crippen LogP contribution in [0.4, 0.5) is 5.95 Å². The molecule has 0 amide bonds. The highest BCUT2D eigenvalue weighted by Gasteiger charge is 2.11. The van der Waals surface area contributed by atoms with Crippen molar-refractivity contribution < 1.29 is 9.94 Å². The first kappa shape index (κ1) is 13.3. The molecule has 0 aliphatic rings. The number of amidine groups is 1. The number of imidazole rings is 1. The Balaban J connectivity index is 2.64. The van der Waals surface area contributed by atoms with Crippen LogP contribution in [0.25, 0.3) is 0 Å². The first-order chi connectivity index (χ1) is 8.19. The molecule has 1 aromatic rings. The van der Waals surface area contributed by atoms with Crippen LogP contribution in [-0.4, -0.2) is 47.4 Å². The highest BCUT2D eigenvalue weighted by Crippen LogP contribution is 2.09. The van der Waals surface area contributed by atoms with Crippen molar-refractivity contribution >= 4 is 11.8 Å². The Hall–Kier alpha value is -1.76. The van der Waals surface area contributed by atoms with Crippen molar-refractivity contribution in [2.75, 3.05) is 31.7 Å². The van der Waals surface area contributed by atoms with Crippen molar-refractivity contribution in [3.8, 4) is 0 Å². The summed E-state index contributed by atoms with van der Waals surface area (Å²) in [6.45, 7) is 1.94. The largest absolute Gasteiger partial charge is 0.409 e. The highest BCUT2D eigenvalue weighted by molar-refractivity contribution is 5.80. The van der Waals surface area contributed by atoms with Gasteiger partial charge in [0.05, 0.1) is 6.61 Å². The molecule has 0 bridgehead atoms. The molecule has 0 saturated heterocycles. The second kappa shape index (κ2) is 6.74. The first-order valence-electron chi connectivity index (χ1n) is 5.36. The number of oxime groups is 1. The van der Waals surface area contributed by atoms with Crippen LogP contribution in [0.15, 0.2) is 17.5 Å². The Bertz CT molecular complexity index is 363. The van der Waals surface area contributed by atoms with Crippen LogP contribution >= 0.6 is 0 Å². The fourth-order valence-electron chi connectivity index (χ4n) is 1.48. The van der Waals surface area contributed by atoms with Gasteiger partial charge in [-0.15, -0.1) is 0 Å². The molecule has 3 N–H and O–H groups in total. The van der Waals surface area contributed by atoms with Gasteiger partial charge in [0.1, 0.15) is 5.84 Å². The van der Waals surface area contributed by atoms with Gasteiger partial charge >= 0.3 is 0 Å². The predicted molar refractivity (Wildman–Crippen MR) is 65.3 cm³/mol. The number of methoxy groups -OCH3 is 1. The maximum absolute atomic E-state index is 8.51. The van der Waals surface area contributed by atoms with Crippen LogP contribution in [0.1, 0.15) is 6.42 Å². The molecule has 0 aliphatic carbocycles. The van der Waals surface area contributed by atoms with Gasteiger partial charge in [-0.1, -0.05) is 5.16 Å². The van der Waals surface area contributed by atoms with Crippen LogP contribution in [0.3, 0.4) is 0 Å². The topological polar surface area (TPSA) is 88.9 Å². The van der Waals surface area contributed by atoms with E-state index in [-0.39, 0.29) is 5.84 Å². The van der Waals surface area contributed by atoms with Gasteiger partial charge in [0, 0.05) is 46.1 Å². The standard InChI is InChI=1S/C10H19N5O2/c1-14-6-4-12-10(14)15(7-8-17-2)5-3-9(11)13-16/h4,6,16H,3,5,7-8H2,1-2H3,(H2,11,13). The maximum atomic E-state index is 8.51. The third-order valence-electron chi connectivity index (χ3n) is 2.41. The minimum absolute atomic E-state index is 0.210. The monoisotopic (exact) mass is 241 g/mol. The highest BCUT2D eigenvalue weighted by atomic mass is 16.5. The second-order valence-electron chi connectivity index (χ2n) is 3.66. The molecule has 0 saturated carbocycles. The lowest BCUT2D eigenvalue weighted by Crippen LogP contribution is -2.33. The Kier molecular flexibility index (Phi) is 5.28. The van der Waals surface area contributed by atoms with E-state index in [1.54, 1.807) is 13.3 Å². The van der Waals surface area contributed by atoms with E-state index in [2.05, 4.69) is 10.1 Å². The van der Waals surface area contributed by atoms with Crippen LogP contribution in [0.2, 0.25) is 0 Å². The average molecular weight is 241 g/mol. The number of hydrogen-bond donors (Lipinski definition) is 2. The molecule has 17 heavy (non-hydrogen) atoms. The third-order valence-corrected chi connectivity index (χ3v) is 2.41. The van der Waals surface area contributed by atoms with E-state index >= 15 is 0 Å². The molecule has 0 aromatic carbocycles. The van der Waals surface area contributed by atoms with E-state index in [0.29, 0.717) is 26.1 Å². The summed E-state index contributed by atoms with van der Waals surface area (Å²) in [6.07, 6.45) is 4.09. The quantitative estimate of drug-likeness (QED) is 0.304. The van der Waals surface area contributed by atoms with E-state index < -0.39 is 0 Å². The van der Waals surface area contributed by atoms with E-state index in [0.717, 1.165) is 5.95 Å². The van der Waals surface area contributed by atoms with Crippen LogP contribution in [0.5, 0.6) is 0 Å². The van der Waals surface area contributed by atoms with Gasteiger partial charge in [-0.25, -0.2) is 4.98 Å². The zero-order chi connectivity index (χ0) is 12.7. The van der Waals surface area contributed by atoms with Crippen molar-refractivity contribution in [2.45, 2.75) is 6.42 Å². The summed E-state index contributed by atoms with van der Waals surface area (Å²) in [6, 6.07) is 0. The van der Waals surface area contributed by atoms with E-state index in [1.165, 1.54) is 0 Å². The number of ether oxygens (including phenoxy) is 1. The molecule has 0 radical (unpaired) electrons. The average Bonchev–Trinajstić information content (AvgIpc) is 2.75. The number of nitrogens with two attached hydrogens (primary N) is 1. The molecule has 0 unspecified atom stereocenters. The van der Waals surface area contributed by atoms with Crippen molar-refractivity contribution in [2.24, 2.45) is 17.9 Å². The molecular weight excluding hydrogens is 222 g/mol. The second-order valence-corrected chi connectivity index (χ2v) is 3.66. The van der Waals surface area contributed by atoms with Gasteiger partial charge in [-0.3, -0.25) is 0 Å². The van der Waals surface area contributed by atoms with Gasteiger partial charge in [0.2, 0.25) is 5.95 Å². The zero-order valence-electron chi connectivity index (χ0n) is 10.2. The third kappa shape index (κ3) is 3.95. The summed E-state index contributed by atoms with van der Waals surface area (Å²) in [5, 5.41) is 11.5. The number of rotatable bonds is 7. The lowest BCUT2D eigenvalue weighted by Gasteiger charge is -2.22. The summed E-state index contributed by atoms with van der Waals surface area (Å²) >= 11 is 0. The molecule has 0 atom stereocenters. The number of hydrogen-bond acceptors (Lipinski definition) is 5. The summed E-state index contributed by atoms with van der Waals surface area (Å²) < 4.78 is 6.97. The number of anilines is 1. The minimum Gasteiger partial charge on any atom is -0.409 e. The molecule has 0 spiro atoms. The van der Waals surface area contributed by atoms with E-state index in [4.69, 9.17) is 15.7 Å². The van der Waals surface area contributed by atoms with E-state index in [1.807, 2.05) is 22.7 Å². The lowest BCUT2D eigenvalue weighted by atomic mass is 10.3. The van der Waals surface area contributed by atoms with Crippen LogP contribution < -0.4 is 10.6 Å². The minimum atomic E-state index is 0.210.